The lowest BCUT2D eigenvalue weighted by molar-refractivity contribution is -0.143. The van der Waals surface area contributed by atoms with Gasteiger partial charge in [-0.2, -0.15) is 0 Å². The van der Waals surface area contributed by atoms with Crippen molar-refractivity contribution in [3.05, 3.63) is 0 Å². The minimum atomic E-state index is 0.271. The second-order valence-corrected chi connectivity index (χ2v) is 5.71. The van der Waals surface area contributed by atoms with Crippen molar-refractivity contribution in [1.82, 2.24) is 10.2 Å². The standard InChI is InChI=1S/C13H22N2O/c16-13(11-2-1-7-14-8-11)15-9-10-3-5-12(15)6-4-10/h10-12,14H,1-9H2/t10?,11-,12?/m0/s1. The molecule has 4 fully saturated rings. The van der Waals surface area contributed by atoms with E-state index >= 15 is 0 Å². The number of hydrogen-bond donors (Lipinski definition) is 1. The molecule has 1 amide bonds. The highest BCUT2D eigenvalue weighted by Gasteiger charge is 2.38. The van der Waals surface area contributed by atoms with Crippen molar-refractivity contribution >= 4 is 5.91 Å². The first-order valence-electron chi connectivity index (χ1n) is 6.86. The highest BCUT2D eigenvalue weighted by Crippen LogP contribution is 2.35. The third-order valence-electron chi connectivity index (χ3n) is 4.64. The number of carbonyl (C=O) groups excluding carboxylic acids is 1. The Morgan fingerprint density at radius 3 is 2.50 bits per heavy atom. The third-order valence-corrected chi connectivity index (χ3v) is 4.64. The van der Waals surface area contributed by atoms with Gasteiger partial charge >= 0.3 is 0 Å². The molecule has 4 rings (SSSR count). The number of amides is 1. The summed E-state index contributed by atoms with van der Waals surface area (Å²) in [5.41, 5.74) is 0. The van der Waals surface area contributed by atoms with Crippen molar-refractivity contribution in [3.63, 3.8) is 0 Å². The van der Waals surface area contributed by atoms with E-state index in [-0.39, 0.29) is 5.92 Å². The summed E-state index contributed by atoms with van der Waals surface area (Å²) in [6.07, 6.45) is 7.50. The van der Waals surface area contributed by atoms with Crippen LogP contribution in [0, 0.1) is 11.8 Å². The van der Waals surface area contributed by atoms with Crippen molar-refractivity contribution in [3.8, 4) is 0 Å². The van der Waals surface area contributed by atoms with Crippen LogP contribution in [-0.2, 0) is 4.79 Å². The van der Waals surface area contributed by atoms with Crippen LogP contribution < -0.4 is 5.32 Å². The Morgan fingerprint density at radius 2 is 1.94 bits per heavy atom. The average Bonchev–Trinajstić information content (AvgIpc) is 2.40. The van der Waals surface area contributed by atoms with Crippen molar-refractivity contribution in [1.29, 1.82) is 0 Å². The summed E-state index contributed by atoms with van der Waals surface area (Å²) in [6, 6.07) is 0.583. The number of fused-ring (bicyclic) bond motifs is 3. The Balaban J connectivity index is 1.65. The maximum absolute atomic E-state index is 12.4. The topological polar surface area (TPSA) is 32.3 Å². The number of rotatable bonds is 1. The van der Waals surface area contributed by atoms with E-state index in [1.807, 2.05) is 0 Å². The smallest absolute Gasteiger partial charge is 0.227 e. The summed E-state index contributed by atoms with van der Waals surface area (Å²) in [6.45, 7) is 3.06. The lowest BCUT2D eigenvalue weighted by atomic mass is 9.79. The fourth-order valence-corrected chi connectivity index (χ4v) is 3.63. The normalized spacial score (nSPS) is 38.8. The molecule has 1 N–H and O–H groups in total. The molecule has 16 heavy (non-hydrogen) atoms. The quantitative estimate of drug-likeness (QED) is 0.727. The van der Waals surface area contributed by atoms with Gasteiger partial charge in [0.1, 0.15) is 0 Å². The van der Waals surface area contributed by atoms with Crippen molar-refractivity contribution in [2.45, 2.75) is 44.6 Å². The second kappa shape index (κ2) is 4.36. The third kappa shape index (κ3) is 1.86. The molecule has 3 heterocycles. The zero-order valence-corrected chi connectivity index (χ0v) is 9.95. The van der Waals surface area contributed by atoms with Gasteiger partial charge in [-0.25, -0.2) is 0 Å². The molecule has 1 saturated carbocycles. The first-order valence-corrected chi connectivity index (χ1v) is 6.86. The Bertz CT molecular complexity index is 265. The van der Waals surface area contributed by atoms with E-state index in [9.17, 15) is 4.79 Å². The number of hydrogen-bond acceptors (Lipinski definition) is 2. The fourth-order valence-electron chi connectivity index (χ4n) is 3.63. The zero-order valence-electron chi connectivity index (χ0n) is 9.95. The van der Waals surface area contributed by atoms with Crippen LogP contribution in [-0.4, -0.2) is 36.5 Å². The lowest BCUT2D eigenvalue weighted by Crippen LogP contribution is -2.54. The van der Waals surface area contributed by atoms with Crippen molar-refractivity contribution in [2.75, 3.05) is 19.6 Å². The van der Waals surface area contributed by atoms with Gasteiger partial charge in [-0.3, -0.25) is 4.79 Å². The number of nitrogens with one attached hydrogen (secondary N) is 1. The summed E-state index contributed by atoms with van der Waals surface area (Å²) in [7, 11) is 0. The summed E-state index contributed by atoms with van der Waals surface area (Å²) >= 11 is 0. The molecule has 0 aromatic rings. The molecule has 1 aliphatic carbocycles. The summed E-state index contributed by atoms with van der Waals surface area (Å²) in [4.78, 5) is 14.6. The van der Waals surface area contributed by atoms with Crippen LogP contribution in [0.4, 0.5) is 0 Å². The predicted octanol–water partition coefficient (Wildman–Crippen LogP) is 1.39. The van der Waals surface area contributed by atoms with E-state index in [4.69, 9.17) is 0 Å². The molecular formula is C13H22N2O. The Kier molecular flexibility index (Phi) is 2.88. The number of carbonyl (C=O) groups is 1. The Morgan fingerprint density at radius 1 is 1.12 bits per heavy atom. The van der Waals surface area contributed by atoms with Crippen molar-refractivity contribution in [2.24, 2.45) is 11.8 Å². The molecule has 0 spiro atoms. The zero-order chi connectivity index (χ0) is 11.0. The second-order valence-electron chi connectivity index (χ2n) is 5.71. The molecule has 0 aromatic carbocycles. The van der Waals surface area contributed by atoms with Gasteiger partial charge in [-0.05, 0) is 51.0 Å². The largest absolute Gasteiger partial charge is 0.339 e. The van der Waals surface area contributed by atoms with Gasteiger partial charge in [-0.1, -0.05) is 0 Å². The molecule has 2 bridgehead atoms. The van der Waals surface area contributed by atoms with E-state index in [1.54, 1.807) is 0 Å². The minimum absolute atomic E-state index is 0.271. The number of piperidine rings is 3. The van der Waals surface area contributed by atoms with E-state index < -0.39 is 0 Å². The SMILES string of the molecule is O=C([C@H]1CCCNC1)N1CC2CCC1CC2. The minimum Gasteiger partial charge on any atom is -0.339 e. The Hall–Kier alpha value is -0.570. The molecular weight excluding hydrogens is 200 g/mol. The monoisotopic (exact) mass is 222 g/mol. The Labute approximate surface area is 97.6 Å². The van der Waals surface area contributed by atoms with Gasteiger partial charge in [0.05, 0.1) is 5.92 Å². The van der Waals surface area contributed by atoms with E-state index in [0.717, 1.165) is 32.0 Å². The first-order chi connectivity index (χ1) is 7.84. The average molecular weight is 222 g/mol. The van der Waals surface area contributed by atoms with Crippen LogP contribution in [0.5, 0.6) is 0 Å². The summed E-state index contributed by atoms with van der Waals surface area (Å²) in [5, 5.41) is 3.35. The van der Waals surface area contributed by atoms with Crippen LogP contribution in [0.15, 0.2) is 0 Å². The van der Waals surface area contributed by atoms with Crippen LogP contribution in [0.1, 0.15) is 38.5 Å². The van der Waals surface area contributed by atoms with Crippen molar-refractivity contribution < 1.29 is 4.79 Å². The molecule has 4 aliphatic rings. The fraction of sp³-hybridized carbons (Fsp3) is 0.923. The highest BCUT2D eigenvalue weighted by molar-refractivity contribution is 5.79. The molecule has 3 heteroatoms. The van der Waals surface area contributed by atoms with Gasteiger partial charge < -0.3 is 10.2 Å². The molecule has 3 aliphatic heterocycles. The highest BCUT2D eigenvalue weighted by atomic mass is 16.2. The molecule has 0 unspecified atom stereocenters. The van der Waals surface area contributed by atoms with Gasteiger partial charge in [0.15, 0.2) is 0 Å². The summed E-state index contributed by atoms with van der Waals surface area (Å²) in [5.74, 6) is 1.53. The van der Waals surface area contributed by atoms with Gasteiger partial charge in [0.25, 0.3) is 0 Å². The first kappa shape index (κ1) is 10.6. The maximum Gasteiger partial charge on any atom is 0.227 e. The van der Waals surface area contributed by atoms with E-state index in [2.05, 4.69) is 10.2 Å². The lowest BCUT2D eigenvalue weighted by Gasteiger charge is -2.46. The van der Waals surface area contributed by atoms with Crippen LogP contribution >= 0.6 is 0 Å². The molecule has 1 atom stereocenters. The van der Waals surface area contributed by atoms with Crippen LogP contribution in [0.25, 0.3) is 0 Å². The van der Waals surface area contributed by atoms with Gasteiger partial charge in [0, 0.05) is 19.1 Å². The van der Waals surface area contributed by atoms with Gasteiger partial charge in [-0.15, -0.1) is 0 Å². The molecule has 3 nitrogen and oxygen atoms in total. The molecule has 0 radical (unpaired) electrons. The van der Waals surface area contributed by atoms with Gasteiger partial charge in [0.2, 0.25) is 5.91 Å². The predicted molar refractivity (Wildman–Crippen MR) is 63.1 cm³/mol. The number of nitrogens with zero attached hydrogens (tertiary/aromatic N) is 1. The van der Waals surface area contributed by atoms with E-state index in [0.29, 0.717) is 11.9 Å². The molecule has 90 valence electrons. The summed E-state index contributed by atoms with van der Waals surface area (Å²) < 4.78 is 0. The van der Waals surface area contributed by atoms with Crippen LogP contribution in [0.3, 0.4) is 0 Å². The van der Waals surface area contributed by atoms with Crippen LogP contribution in [0.2, 0.25) is 0 Å². The molecule has 0 aromatic heterocycles. The van der Waals surface area contributed by atoms with E-state index in [1.165, 1.54) is 32.1 Å². The molecule has 3 saturated heterocycles. The maximum atomic E-state index is 12.4.